The van der Waals surface area contributed by atoms with E-state index in [-0.39, 0.29) is 11.7 Å². The minimum absolute atomic E-state index is 0.0502. The molecule has 1 aromatic heterocycles. The average Bonchev–Trinajstić information content (AvgIpc) is 2.63. The van der Waals surface area contributed by atoms with E-state index in [9.17, 15) is 9.59 Å². The zero-order valence-corrected chi connectivity index (χ0v) is 10.5. The molecule has 0 aromatic carbocycles. The third-order valence-electron chi connectivity index (χ3n) is 3.03. The summed E-state index contributed by atoms with van der Waals surface area (Å²) >= 11 is 0. The molecule has 1 N–H and O–H groups in total. The van der Waals surface area contributed by atoms with Crippen molar-refractivity contribution < 1.29 is 9.59 Å². The largest absolute Gasteiger partial charge is 0.368 e. The third kappa shape index (κ3) is 2.85. The van der Waals surface area contributed by atoms with Crippen LogP contribution in [0.1, 0.15) is 30.3 Å². The van der Waals surface area contributed by atoms with E-state index < -0.39 is 0 Å². The van der Waals surface area contributed by atoms with Crippen LogP contribution in [0.25, 0.3) is 0 Å². The summed E-state index contributed by atoms with van der Waals surface area (Å²) in [5.41, 5.74) is 1.46. The van der Waals surface area contributed by atoms with Crippen molar-refractivity contribution in [3.05, 3.63) is 24.0 Å². The van der Waals surface area contributed by atoms with E-state index >= 15 is 0 Å². The quantitative estimate of drug-likeness (QED) is 0.809. The number of nitrogens with one attached hydrogen (secondary N) is 1. The fourth-order valence-electron chi connectivity index (χ4n) is 1.94. The van der Waals surface area contributed by atoms with E-state index in [0.29, 0.717) is 31.6 Å². The van der Waals surface area contributed by atoms with Gasteiger partial charge in [0, 0.05) is 32.5 Å². The van der Waals surface area contributed by atoms with Crippen molar-refractivity contribution in [3.8, 4) is 0 Å². The van der Waals surface area contributed by atoms with Crippen molar-refractivity contribution in [2.24, 2.45) is 0 Å². The number of carbonyl (C=O) groups is 2. The summed E-state index contributed by atoms with van der Waals surface area (Å²) in [5.74, 6) is 0.137. The number of aromatic nitrogens is 1. The zero-order chi connectivity index (χ0) is 13.0. The molecule has 1 fully saturated rings. The van der Waals surface area contributed by atoms with Gasteiger partial charge in [0.1, 0.15) is 5.69 Å². The number of carbonyl (C=O) groups excluding carboxylic acids is 2. The lowest BCUT2D eigenvalue weighted by molar-refractivity contribution is -0.120. The first-order valence-corrected chi connectivity index (χ1v) is 6.21. The Hall–Kier alpha value is -1.91. The fraction of sp³-hybridized carbons (Fsp3) is 0.462. The van der Waals surface area contributed by atoms with Crippen molar-refractivity contribution in [1.82, 2.24) is 10.3 Å². The summed E-state index contributed by atoms with van der Waals surface area (Å²) in [5, 5.41) is 2.83. The lowest BCUT2D eigenvalue weighted by Crippen LogP contribution is -2.28. The number of nitrogens with zero attached hydrogens (tertiary/aromatic N) is 2. The molecule has 96 valence electrons. The molecule has 5 heteroatoms. The molecule has 2 rings (SSSR count). The van der Waals surface area contributed by atoms with Crippen molar-refractivity contribution in [2.45, 2.75) is 19.8 Å². The summed E-state index contributed by atoms with van der Waals surface area (Å²) in [6.07, 6.45) is 2.67. The Morgan fingerprint density at radius 2 is 2.28 bits per heavy atom. The predicted octanol–water partition coefficient (Wildman–Crippen LogP) is 1.00. The van der Waals surface area contributed by atoms with E-state index in [1.165, 1.54) is 0 Å². The Kier molecular flexibility index (Phi) is 3.92. The Bertz CT molecular complexity index is 442. The number of anilines is 1. The van der Waals surface area contributed by atoms with Crippen LogP contribution in [0.4, 0.5) is 5.69 Å². The number of pyridine rings is 1. The number of ketones is 1. The van der Waals surface area contributed by atoms with Crippen LogP contribution in [-0.2, 0) is 4.79 Å². The minimum Gasteiger partial charge on any atom is -0.368 e. The van der Waals surface area contributed by atoms with E-state index in [0.717, 1.165) is 12.2 Å². The molecule has 1 aromatic rings. The van der Waals surface area contributed by atoms with Crippen molar-refractivity contribution in [2.75, 3.05) is 24.5 Å². The van der Waals surface area contributed by atoms with Crippen LogP contribution in [0.2, 0.25) is 0 Å². The second kappa shape index (κ2) is 5.62. The van der Waals surface area contributed by atoms with Crippen molar-refractivity contribution >= 4 is 17.4 Å². The first-order valence-electron chi connectivity index (χ1n) is 6.21. The number of hydrogen-bond donors (Lipinski definition) is 1. The summed E-state index contributed by atoms with van der Waals surface area (Å²) in [6, 6.07) is 3.65. The molecule has 0 radical (unpaired) electrons. The minimum atomic E-state index is 0.0502. The maximum Gasteiger partial charge on any atom is 0.221 e. The SMILES string of the molecule is CCC(=O)c1ccc(N2CCNC(=O)CC2)cn1. The van der Waals surface area contributed by atoms with Gasteiger partial charge in [0.25, 0.3) is 0 Å². The Balaban J connectivity index is 2.09. The highest BCUT2D eigenvalue weighted by atomic mass is 16.1. The molecule has 1 aliphatic heterocycles. The van der Waals surface area contributed by atoms with Gasteiger partial charge < -0.3 is 10.2 Å². The standard InChI is InChI=1S/C13H17N3O2/c1-2-12(17)11-4-3-10(9-15-11)16-7-5-13(18)14-6-8-16/h3-4,9H,2,5-8H2,1H3,(H,14,18). The van der Waals surface area contributed by atoms with Gasteiger partial charge >= 0.3 is 0 Å². The first-order chi connectivity index (χ1) is 8.70. The molecule has 1 aliphatic rings. The maximum atomic E-state index is 11.5. The third-order valence-corrected chi connectivity index (χ3v) is 3.03. The van der Waals surface area contributed by atoms with Gasteiger partial charge in [-0.25, -0.2) is 0 Å². The first kappa shape index (κ1) is 12.5. The van der Waals surface area contributed by atoms with Crippen LogP contribution < -0.4 is 10.2 Å². The summed E-state index contributed by atoms with van der Waals surface area (Å²) in [4.78, 5) is 29.0. The summed E-state index contributed by atoms with van der Waals surface area (Å²) in [6.45, 7) is 3.93. The molecule has 1 saturated heterocycles. The number of Topliss-reactive ketones (excluding diaryl/α,β-unsaturated/α-hetero) is 1. The monoisotopic (exact) mass is 247 g/mol. The summed E-state index contributed by atoms with van der Waals surface area (Å²) in [7, 11) is 0. The van der Waals surface area contributed by atoms with E-state index in [2.05, 4.69) is 15.2 Å². The lowest BCUT2D eigenvalue weighted by Gasteiger charge is -2.21. The van der Waals surface area contributed by atoms with Gasteiger partial charge in [0.05, 0.1) is 11.9 Å². The van der Waals surface area contributed by atoms with Crippen LogP contribution in [0.5, 0.6) is 0 Å². The number of amides is 1. The molecular weight excluding hydrogens is 230 g/mol. The van der Waals surface area contributed by atoms with Crippen LogP contribution in [0.15, 0.2) is 18.3 Å². The number of hydrogen-bond acceptors (Lipinski definition) is 4. The van der Waals surface area contributed by atoms with Crippen LogP contribution in [0, 0.1) is 0 Å². The van der Waals surface area contributed by atoms with Gasteiger partial charge in [-0.3, -0.25) is 14.6 Å². The average molecular weight is 247 g/mol. The Morgan fingerprint density at radius 3 is 2.94 bits per heavy atom. The van der Waals surface area contributed by atoms with Crippen LogP contribution >= 0.6 is 0 Å². The van der Waals surface area contributed by atoms with Crippen molar-refractivity contribution in [1.29, 1.82) is 0 Å². The highest BCUT2D eigenvalue weighted by molar-refractivity contribution is 5.94. The highest BCUT2D eigenvalue weighted by Gasteiger charge is 2.14. The molecule has 2 heterocycles. The van der Waals surface area contributed by atoms with E-state index in [1.807, 2.05) is 13.0 Å². The number of rotatable bonds is 3. The normalized spacial score (nSPS) is 16.1. The van der Waals surface area contributed by atoms with E-state index in [1.54, 1.807) is 12.3 Å². The van der Waals surface area contributed by atoms with Gasteiger partial charge in [-0.05, 0) is 12.1 Å². The van der Waals surface area contributed by atoms with Gasteiger partial charge in [-0.1, -0.05) is 6.92 Å². The molecule has 0 aliphatic carbocycles. The smallest absolute Gasteiger partial charge is 0.221 e. The fourth-order valence-corrected chi connectivity index (χ4v) is 1.94. The second-order valence-electron chi connectivity index (χ2n) is 4.27. The van der Waals surface area contributed by atoms with Gasteiger partial charge in [0.2, 0.25) is 5.91 Å². The van der Waals surface area contributed by atoms with Crippen molar-refractivity contribution in [3.63, 3.8) is 0 Å². The Morgan fingerprint density at radius 1 is 1.44 bits per heavy atom. The summed E-state index contributed by atoms with van der Waals surface area (Å²) < 4.78 is 0. The van der Waals surface area contributed by atoms with Crippen LogP contribution in [0.3, 0.4) is 0 Å². The molecule has 0 unspecified atom stereocenters. The maximum absolute atomic E-state index is 11.5. The molecule has 0 atom stereocenters. The molecule has 0 bridgehead atoms. The van der Waals surface area contributed by atoms with Crippen LogP contribution in [-0.4, -0.2) is 36.3 Å². The van der Waals surface area contributed by atoms with Gasteiger partial charge in [0.15, 0.2) is 5.78 Å². The highest BCUT2D eigenvalue weighted by Crippen LogP contribution is 2.15. The van der Waals surface area contributed by atoms with Gasteiger partial charge in [-0.2, -0.15) is 0 Å². The zero-order valence-electron chi connectivity index (χ0n) is 10.5. The molecular formula is C13H17N3O2. The molecule has 18 heavy (non-hydrogen) atoms. The van der Waals surface area contributed by atoms with Gasteiger partial charge in [-0.15, -0.1) is 0 Å². The molecule has 0 saturated carbocycles. The Labute approximate surface area is 106 Å². The molecule has 1 amide bonds. The predicted molar refractivity (Wildman–Crippen MR) is 68.7 cm³/mol. The molecule has 0 spiro atoms. The molecule has 5 nitrogen and oxygen atoms in total. The second-order valence-corrected chi connectivity index (χ2v) is 4.27. The lowest BCUT2D eigenvalue weighted by atomic mass is 10.2. The topological polar surface area (TPSA) is 62.3 Å². The van der Waals surface area contributed by atoms with E-state index in [4.69, 9.17) is 0 Å².